The van der Waals surface area contributed by atoms with Gasteiger partial charge in [-0.15, -0.1) is 6.42 Å². The molecule has 0 saturated carbocycles. The summed E-state index contributed by atoms with van der Waals surface area (Å²) >= 11 is 0. The maximum absolute atomic E-state index is 13.3. The quantitative estimate of drug-likeness (QED) is 0.847. The molecule has 0 aliphatic carbocycles. The molecule has 1 heterocycles. The van der Waals surface area contributed by atoms with E-state index in [1.807, 2.05) is 6.92 Å². The van der Waals surface area contributed by atoms with Crippen molar-refractivity contribution in [1.82, 2.24) is 0 Å². The van der Waals surface area contributed by atoms with E-state index in [1.54, 1.807) is 6.07 Å². The topological polar surface area (TPSA) is 30.5 Å². The van der Waals surface area contributed by atoms with E-state index in [9.17, 15) is 4.39 Å². The third kappa shape index (κ3) is 3.87. The highest BCUT2D eigenvalue weighted by molar-refractivity contribution is 5.57. The fourth-order valence-electron chi connectivity index (χ4n) is 2.21. The van der Waals surface area contributed by atoms with Crippen molar-refractivity contribution < 1.29 is 13.9 Å². The summed E-state index contributed by atoms with van der Waals surface area (Å²) in [6.07, 6.45) is 7.18. The molecule has 2 rings (SSSR count). The van der Waals surface area contributed by atoms with Crippen molar-refractivity contribution in [3.05, 3.63) is 24.0 Å². The van der Waals surface area contributed by atoms with Gasteiger partial charge in [-0.3, -0.25) is 0 Å². The van der Waals surface area contributed by atoms with Crippen molar-refractivity contribution in [1.29, 1.82) is 0 Å². The van der Waals surface area contributed by atoms with Crippen LogP contribution in [0.3, 0.4) is 0 Å². The van der Waals surface area contributed by atoms with Gasteiger partial charge >= 0.3 is 0 Å². The molecule has 0 bridgehead atoms. The molecule has 102 valence electrons. The van der Waals surface area contributed by atoms with Crippen LogP contribution in [0.4, 0.5) is 10.1 Å². The average molecular weight is 263 g/mol. The van der Waals surface area contributed by atoms with Crippen LogP contribution in [0.1, 0.15) is 19.8 Å². The van der Waals surface area contributed by atoms with Crippen LogP contribution < -0.4 is 10.1 Å². The Morgan fingerprint density at radius 3 is 3.16 bits per heavy atom. The molecule has 1 N–H and O–H groups in total. The molecule has 1 aromatic rings. The zero-order valence-electron chi connectivity index (χ0n) is 11.0. The Balaban J connectivity index is 2.09. The SMILES string of the molecule is C#CCOc1ccc(F)cc1N[C@H]1CCO[C@@H](C)C1. The highest BCUT2D eigenvalue weighted by Gasteiger charge is 2.20. The lowest BCUT2D eigenvalue weighted by atomic mass is 10.0. The molecule has 1 saturated heterocycles. The van der Waals surface area contributed by atoms with E-state index in [4.69, 9.17) is 15.9 Å². The van der Waals surface area contributed by atoms with Gasteiger partial charge in [0.1, 0.15) is 18.2 Å². The predicted molar refractivity (Wildman–Crippen MR) is 72.8 cm³/mol. The Labute approximate surface area is 113 Å². The average Bonchev–Trinajstić information content (AvgIpc) is 2.38. The minimum atomic E-state index is -0.296. The van der Waals surface area contributed by atoms with Crippen LogP contribution >= 0.6 is 0 Å². The van der Waals surface area contributed by atoms with Gasteiger partial charge in [0.05, 0.1) is 11.8 Å². The lowest BCUT2D eigenvalue weighted by Gasteiger charge is -2.29. The first kappa shape index (κ1) is 13.7. The second kappa shape index (κ2) is 6.44. The number of benzene rings is 1. The minimum absolute atomic E-state index is 0.171. The molecular formula is C15H18FNO2. The number of hydrogen-bond acceptors (Lipinski definition) is 3. The van der Waals surface area contributed by atoms with Gasteiger partial charge in [0, 0.05) is 18.7 Å². The van der Waals surface area contributed by atoms with Crippen LogP contribution in [0.15, 0.2) is 18.2 Å². The van der Waals surface area contributed by atoms with Gasteiger partial charge in [0.2, 0.25) is 0 Å². The highest BCUT2D eigenvalue weighted by atomic mass is 19.1. The molecule has 0 amide bonds. The van der Waals surface area contributed by atoms with E-state index >= 15 is 0 Å². The van der Waals surface area contributed by atoms with E-state index in [0.29, 0.717) is 18.0 Å². The summed E-state index contributed by atoms with van der Waals surface area (Å²) in [5.74, 6) is 2.69. The van der Waals surface area contributed by atoms with Crippen LogP contribution in [0.5, 0.6) is 5.75 Å². The van der Waals surface area contributed by atoms with Gasteiger partial charge in [-0.2, -0.15) is 0 Å². The van der Waals surface area contributed by atoms with Gasteiger partial charge in [0.25, 0.3) is 0 Å². The highest BCUT2D eigenvalue weighted by Crippen LogP contribution is 2.28. The van der Waals surface area contributed by atoms with Crippen molar-refractivity contribution in [3.63, 3.8) is 0 Å². The molecule has 1 aromatic carbocycles. The summed E-state index contributed by atoms with van der Waals surface area (Å²) in [5, 5.41) is 3.32. The number of nitrogens with one attached hydrogen (secondary N) is 1. The Hall–Kier alpha value is -1.73. The zero-order valence-corrected chi connectivity index (χ0v) is 11.0. The van der Waals surface area contributed by atoms with Crippen LogP contribution in [0, 0.1) is 18.2 Å². The Morgan fingerprint density at radius 1 is 1.58 bits per heavy atom. The van der Waals surface area contributed by atoms with Crippen molar-refractivity contribution in [2.24, 2.45) is 0 Å². The second-order valence-electron chi connectivity index (χ2n) is 4.68. The molecule has 2 atom stereocenters. The van der Waals surface area contributed by atoms with Crippen LogP contribution in [0.25, 0.3) is 0 Å². The molecule has 0 spiro atoms. The maximum Gasteiger partial charge on any atom is 0.148 e. The Kier molecular flexibility index (Phi) is 4.64. The van der Waals surface area contributed by atoms with Crippen LogP contribution in [0.2, 0.25) is 0 Å². The number of halogens is 1. The van der Waals surface area contributed by atoms with Crippen LogP contribution in [-0.4, -0.2) is 25.4 Å². The molecule has 19 heavy (non-hydrogen) atoms. The van der Waals surface area contributed by atoms with Crippen LogP contribution in [-0.2, 0) is 4.74 Å². The molecule has 0 aromatic heterocycles. The van der Waals surface area contributed by atoms with E-state index in [1.165, 1.54) is 12.1 Å². The Bertz CT molecular complexity index is 470. The summed E-state index contributed by atoms with van der Waals surface area (Å²) in [6, 6.07) is 4.66. The van der Waals surface area contributed by atoms with Gasteiger partial charge in [-0.05, 0) is 31.9 Å². The van der Waals surface area contributed by atoms with Crippen molar-refractivity contribution in [2.75, 3.05) is 18.5 Å². The zero-order chi connectivity index (χ0) is 13.7. The summed E-state index contributed by atoms with van der Waals surface area (Å²) in [6.45, 7) is 2.92. The molecular weight excluding hydrogens is 245 g/mol. The smallest absolute Gasteiger partial charge is 0.148 e. The summed E-state index contributed by atoms with van der Waals surface area (Å²) in [4.78, 5) is 0. The standard InChI is InChI=1S/C15H18FNO2/c1-3-7-19-15-5-4-12(16)10-14(15)17-13-6-8-18-11(2)9-13/h1,4-5,10-11,13,17H,6-9H2,2H3/t11-,13-/m0/s1. The van der Waals surface area contributed by atoms with Crippen molar-refractivity contribution in [3.8, 4) is 18.1 Å². The molecule has 0 unspecified atom stereocenters. The first-order valence-electron chi connectivity index (χ1n) is 6.43. The predicted octanol–water partition coefficient (Wildman–Crippen LogP) is 2.82. The number of rotatable bonds is 4. The monoisotopic (exact) mass is 263 g/mol. The number of terminal acetylenes is 1. The first-order valence-corrected chi connectivity index (χ1v) is 6.43. The fourth-order valence-corrected chi connectivity index (χ4v) is 2.21. The van der Waals surface area contributed by atoms with E-state index in [2.05, 4.69) is 11.2 Å². The fraction of sp³-hybridized carbons (Fsp3) is 0.467. The molecule has 1 fully saturated rings. The summed E-state index contributed by atoms with van der Waals surface area (Å²) in [5.41, 5.74) is 0.648. The summed E-state index contributed by atoms with van der Waals surface area (Å²) < 4.78 is 24.2. The number of hydrogen-bond donors (Lipinski definition) is 1. The second-order valence-corrected chi connectivity index (χ2v) is 4.68. The van der Waals surface area contributed by atoms with E-state index in [-0.39, 0.29) is 24.6 Å². The van der Waals surface area contributed by atoms with Gasteiger partial charge in [-0.25, -0.2) is 4.39 Å². The maximum atomic E-state index is 13.3. The molecule has 1 aliphatic heterocycles. The van der Waals surface area contributed by atoms with Gasteiger partial charge in [-0.1, -0.05) is 5.92 Å². The number of ether oxygens (including phenoxy) is 2. The molecule has 4 heteroatoms. The van der Waals surface area contributed by atoms with E-state index < -0.39 is 0 Å². The lowest BCUT2D eigenvalue weighted by Crippen LogP contribution is -2.32. The normalized spacial score (nSPS) is 22.6. The summed E-state index contributed by atoms with van der Waals surface area (Å²) in [7, 11) is 0. The third-order valence-electron chi connectivity index (χ3n) is 3.10. The minimum Gasteiger partial charge on any atom is -0.479 e. The Morgan fingerprint density at radius 2 is 2.42 bits per heavy atom. The van der Waals surface area contributed by atoms with E-state index in [0.717, 1.165) is 12.8 Å². The van der Waals surface area contributed by atoms with Crippen molar-refractivity contribution >= 4 is 5.69 Å². The lowest BCUT2D eigenvalue weighted by molar-refractivity contribution is 0.0232. The van der Waals surface area contributed by atoms with Gasteiger partial charge < -0.3 is 14.8 Å². The first-order chi connectivity index (χ1) is 9.19. The van der Waals surface area contributed by atoms with Gasteiger partial charge in [0.15, 0.2) is 0 Å². The largest absolute Gasteiger partial charge is 0.479 e. The number of anilines is 1. The molecule has 1 aliphatic rings. The molecule has 0 radical (unpaired) electrons. The molecule has 3 nitrogen and oxygen atoms in total. The third-order valence-corrected chi connectivity index (χ3v) is 3.10. The van der Waals surface area contributed by atoms with Crippen molar-refractivity contribution in [2.45, 2.75) is 31.9 Å².